The van der Waals surface area contributed by atoms with E-state index >= 15 is 0 Å². The highest BCUT2D eigenvalue weighted by atomic mass is 19.1. The SMILES string of the molecule is O=C(NCC1CCN(c2ccncc2)CC1)c1ccccc1F. The van der Waals surface area contributed by atoms with Gasteiger partial charge in [-0.05, 0) is 43.0 Å². The molecule has 3 rings (SSSR count). The molecule has 0 radical (unpaired) electrons. The van der Waals surface area contributed by atoms with Gasteiger partial charge < -0.3 is 10.2 Å². The maximum Gasteiger partial charge on any atom is 0.254 e. The Bertz CT molecular complexity index is 654. The van der Waals surface area contributed by atoms with Crippen molar-refractivity contribution >= 4 is 11.6 Å². The molecule has 23 heavy (non-hydrogen) atoms. The van der Waals surface area contributed by atoms with Crippen LogP contribution in [0.15, 0.2) is 48.8 Å². The topological polar surface area (TPSA) is 45.2 Å². The maximum atomic E-state index is 13.6. The lowest BCUT2D eigenvalue weighted by molar-refractivity contribution is 0.0941. The Labute approximate surface area is 135 Å². The molecule has 1 aromatic carbocycles. The van der Waals surface area contributed by atoms with Crippen LogP contribution in [-0.2, 0) is 0 Å². The Hall–Kier alpha value is -2.43. The van der Waals surface area contributed by atoms with Crippen molar-refractivity contribution < 1.29 is 9.18 Å². The fourth-order valence-electron chi connectivity index (χ4n) is 2.93. The number of hydrogen-bond donors (Lipinski definition) is 1. The van der Waals surface area contributed by atoms with Crippen molar-refractivity contribution in [2.24, 2.45) is 5.92 Å². The highest BCUT2D eigenvalue weighted by molar-refractivity contribution is 5.94. The van der Waals surface area contributed by atoms with E-state index in [1.165, 1.54) is 17.8 Å². The van der Waals surface area contributed by atoms with Gasteiger partial charge in [0.25, 0.3) is 5.91 Å². The molecule has 0 unspecified atom stereocenters. The second kappa shape index (κ2) is 7.22. The number of benzene rings is 1. The quantitative estimate of drug-likeness (QED) is 0.944. The lowest BCUT2D eigenvalue weighted by atomic mass is 9.96. The first-order valence-corrected chi connectivity index (χ1v) is 7.92. The van der Waals surface area contributed by atoms with E-state index in [2.05, 4.69) is 15.2 Å². The number of nitrogens with one attached hydrogen (secondary N) is 1. The molecule has 1 amide bonds. The third-order valence-electron chi connectivity index (χ3n) is 4.31. The number of aromatic nitrogens is 1. The van der Waals surface area contributed by atoms with Gasteiger partial charge in [-0.1, -0.05) is 12.1 Å². The number of carbonyl (C=O) groups excluding carboxylic acids is 1. The van der Waals surface area contributed by atoms with Gasteiger partial charge in [0.15, 0.2) is 0 Å². The van der Waals surface area contributed by atoms with Gasteiger partial charge in [0.2, 0.25) is 0 Å². The molecule has 4 nitrogen and oxygen atoms in total. The number of hydrogen-bond acceptors (Lipinski definition) is 3. The molecule has 1 saturated heterocycles. The van der Waals surface area contributed by atoms with Crippen LogP contribution in [0.5, 0.6) is 0 Å². The highest BCUT2D eigenvalue weighted by Crippen LogP contribution is 2.22. The van der Waals surface area contributed by atoms with Crippen LogP contribution >= 0.6 is 0 Å². The minimum Gasteiger partial charge on any atom is -0.371 e. The smallest absolute Gasteiger partial charge is 0.254 e. The first kappa shape index (κ1) is 15.5. The molecule has 120 valence electrons. The zero-order valence-electron chi connectivity index (χ0n) is 12.9. The summed E-state index contributed by atoms with van der Waals surface area (Å²) < 4.78 is 13.6. The summed E-state index contributed by atoms with van der Waals surface area (Å²) in [7, 11) is 0. The predicted octanol–water partition coefficient (Wildman–Crippen LogP) is 2.87. The third kappa shape index (κ3) is 3.86. The van der Waals surface area contributed by atoms with Crippen molar-refractivity contribution in [3.05, 3.63) is 60.2 Å². The Balaban J connectivity index is 1.48. The van der Waals surface area contributed by atoms with Gasteiger partial charge in [0, 0.05) is 37.7 Å². The van der Waals surface area contributed by atoms with Crippen LogP contribution in [0.3, 0.4) is 0 Å². The lowest BCUT2D eigenvalue weighted by Gasteiger charge is -2.33. The molecule has 1 fully saturated rings. The zero-order chi connectivity index (χ0) is 16.1. The normalized spacial score (nSPS) is 15.4. The molecule has 0 aliphatic carbocycles. The van der Waals surface area contributed by atoms with Crippen molar-refractivity contribution in [2.75, 3.05) is 24.5 Å². The minimum atomic E-state index is -0.475. The molecule has 1 aromatic heterocycles. The highest BCUT2D eigenvalue weighted by Gasteiger charge is 2.20. The monoisotopic (exact) mass is 313 g/mol. The molecule has 0 bridgehead atoms. The summed E-state index contributed by atoms with van der Waals surface area (Å²) in [6, 6.07) is 10.1. The van der Waals surface area contributed by atoms with Crippen molar-refractivity contribution in [1.82, 2.24) is 10.3 Å². The van der Waals surface area contributed by atoms with Crippen LogP contribution in [0.1, 0.15) is 23.2 Å². The number of amides is 1. The Morgan fingerprint density at radius 1 is 1.17 bits per heavy atom. The Morgan fingerprint density at radius 3 is 2.57 bits per heavy atom. The van der Waals surface area contributed by atoms with Crippen LogP contribution in [0.25, 0.3) is 0 Å². The standard InChI is InChI=1S/C18H20FN3O/c19-17-4-2-1-3-16(17)18(23)21-13-14-7-11-22(12-8-14)15-5-9-20-10-6-15/h1-6,9-10,14H,7-8,11-13H2,(H,21,23). The van der Waals surface area contributed by atoms with E-state index < -0.39 is 5.82 Å². The number of carbonyl (C=O) groups is 1. The lowest BCUT2D eigenvalue weighted by Crippen LogP contribution is -2.38. The number of halogens is 1. The van der Waals surface area contributed by atoms with E-state index in [0.29, 0.717) is 12.5 Å². The van der Waals surface area contributed by atoms with Gasteiger partial charge in [-0.25, -0.2) is 4.39 Å². The number of pyridine rings is 1. The Kier molecular flexibility index (Phi) is 4.86. The number of rotatable bonds is 4. The predicted molar refractivity (Wildman–Crippen MR) is 87.9 cm³/mol. The fourth-order valence-corrected chi connectivity index (χ4v) is 2.93. The molecular formula is C18H20FN3O. The van der Waals surface area contributed by atoms with E-state index in [1.54, 1.807) is 24.5 Å². The van der Waals surface area contributed by atoms with Crippen molar-refractivity contribution in [3.63, 3.8) is 0 Å². The largest absolute Gasteiger partial charge is 0.371 e. The summed E-state index contributed by atoms with van der Waals surface area (Å²) in [6.45, 7) is 2.52. The molecule has 1 N–H and O–H groups in total. The van der Waals surface area contributed by atoms with Crippen LogP contribution in [-0.4, -0.2) is 30.5 Å². The third-order valence-corrected chi connectivity index (χ3v) is 4.31. The molecule has 2 heterocycles. The van der Waals surface area contributed by atoms with Crippen molar-refractivity contribution in [1.29, 1.82) is 0 Å². The van der Waals surface area contributed by atoms with Crippen molar-refractivity contribution in [3.8, 4) is 0 Å². The van der Waals surface area contributed by atoms with Crippen LogP contribution in [0, 0.1) is 11.7 Å². The number of piperidine rings is 1. The van der Waals surface area contributed by atoms with E-state index in [1.807, 2.05) is 12.1 Å². The van der Waals surface area contributed by atoms with Gasteiger partial charge in [-0.2, -0.15) is 0 Å². The molecule has 2 aromatic rings. The maximum absolute atomic E-state index is 13.6. The van der Waals surface area contributed by atoms with Crippen LogP contribution < -0.4 is 10.2 Å². The van der Waals surface area contributed by atoms with E-state index in [-0.39, 0.29) is 11.5 Å². The number of anilines is 1. The van der Waals surface area contributed by atoms with Crippen LogP contribution in [0.2, 0.25) is 0 Å². The van der Waals surface area contributed by atoms with Gasteiger partial charge >= 0.3 is 0 Å². The molecule has 0 saturated carbocycles. The summed E-state index contributed by atoms with van der Waals surface area (Å²) >= 11 is 0. The second-order valence-corrected chi connectivity index (χ2v) is 5.83. The van der Waals surface area contributed by atoms with E-state index in [0.717, 1.165) is 25.9 Å². The summed E-state index contributed by atoms with van der Waals surface area (Å²) in [6.07, 6.45) is 5.63. The van der Waals surface area contributed by atoms with Gasteiger partial charge in [-0.15, -0.1) is 0 Å². The van der Waals surface area contributed by atoms with Gasteiger partial charge in [0.05, 0.1) is 5.56 Å². The molecule has 1 aliphatic heterocycles. The first-order chi connectivity index (χ1) is 11.2. The summed E-state index contributed by atoms with van der Waals surface area (Å²) in [5, 5.41) is 2.86. The molecule has 5 heteroatoms. The number of nitrogens with zero attached hydrogens (tertiary/aromatic N) is 2. The zero-order valence-corrected chi connectivity index (χ0v) is 12.9. The average molecular weight is 313 g/mol. The summed E-state index contributed by atoms with van der Waals surface area (Å²) in [4.78, 5) is 18.4. The van der Waals surface area contributed by atoms with Gasteiger partial charge in [0.1, 0.15) is 5.82 Å². The van der Waals surface area contributed by atoms with Crippen LogP contribution in [0.4, 0.5) is 10.1 Å². The fraction of sp³-hybridized carbons (Fsp3) is 0.333. The van der Waals surface area contributed by atoms with E-state index in [4.69, 9.17) is 0 Å². The molecule has 0 spiro atoms. The van der Waals surface area contributed by atoms with Crippen molar-refractivity contribution in [2.45, 2.75) is 12.8 Å². The average Bonchev–Trinajstić information content (AvgIpc) is 2.61. The summed E-state index contributed by atoms with van der Waals surface area (Å²) in [5.41, 5.74) is 1.30. The second-order valence-electron chi connectivity index (χ2n) is 5.83. The molecule has 0 atom stereocenters. The Morgan fingerprint density at radius 2 is 1.87 bits per heavy atom. The molecule has 1 aliphatic rings. The minimum absolute atomic E-state index is 0.113. The summed E-state index contributed by atoms with van der Waals surface area (Å²) in [5.74, 6) is -0.374. The van der Waals surface area contributed by atoms with Gasteiger partial charge in [-0.3, -0.25) is 9.78 Å². The first-order valence-electron chi connectivity index (χ1n) is 7.92. The van der Waals surface area contributed by atoms with E-state index in [9.17, 15) is 9.18 Å². The molecular weight excluding hydrogens is 293 g/mol.